The molecule has 0 saturated heterocycles. The molecule has 2 rings (SSSR count). The molecule has 0 amide bonds. The van der Waals surface area contributed by atoms with E-state index in [1.54, 1.807) is 19.1 Å². The van der Waals surface area contributed by atoms with Gasteiger partial charge in [-0.15, -0.1) is 6.42 Å². The molecule has 0 aliphatic heterocycles. The average molecular weight is 462 g/mol. The van der Waals surface area contributed by atoms with Crippen molar-refractivity contribution in [1.29, 1.82) is 0 Å². The van der Waals surface area contributed by atoms with Crippen molar-refractivity contribution in [3.63, 3.8) is 0 Å². The molecule has 0 aliphatic carbocycles. The Morgan fingerprint density at radius 3 is 2.65 bits per heavy atom. The Hall–Kier alpha value is -2.46. The first-order chi connectivity index (χ1) is 12.5. The van der Waals surface area contributed by atoms with Crippen LogP contribution in [-0.4, -0.2) is 19.2 Å². The van der Waals surface area contributed by atoms with E-state index in [4.69, 9.17) is 20.6 Å². The van der Waals surface area contributed by atoms with Crippen molar-refractivity contribution in [3.8, 4) is 18.1 Å². The second kappa shape index (κ2) is 9.30. The van der Waals surface area contributed by atoms with Crippen molar-refractivity contribution in [3.05, 3.63) is 76.1 Å². The molecule has 0 saturated carbocycles. The molecule has 2 aromatic rings. The van der Waals surface area contributed by atoms with Gasteiger partial charge in [0, 0.05) is 9.13 Å². The average Bonchev–Trinajstić information content (AvgIpc) is 2.66. The fraction of sp³-hybridized carbons (Fsp3) is 0.190. The number of hydrogen-bond donors (Lipinski definition) is 0. The number of rotatable bonds is 8. The van der Waals surface area contributed by atoms with E-state index in [9.17, 15) is 4.79 Å². The van der Waals surface area contributed by atoms with E-state index in [-0.39, 0.29) is 6.61 Å². The van der Waals surface area contributed by atoms with Crippen LogP contribution in [0.1, 0.15) is 22.8 Å². The standard InChI is InChI=1S/C21H19IO4/c1-4-21(3,16-9-7-6-8-10-16)26-20(23)18-15-17(22)11-12-19(18)25-14-13-24-5-2/h1,5-12,15H,2,13-14H2,3H3. The van der Waals surface area contributed by atoms with E-state index < -0.39 is 11.6 Å². The van der Waals surface area contributed by atoms with Gasteiger partial charge >= 0.3 is 5.97 Å². The maximum atomic E-state index is 12.8. The Bertz CT molecular complexity index is 811. The molecular weight excluding hydrogens is 443 g/mol. The second-order valence-electron chi connectivity index (χ2n) is 5.46. The Morgan fingerprint density at radius 1 is 1.27 bits per heavy atom. The van der Waals surface area contributed by atoms with Gasteiger partial charge in [-0.05, 0) is 47.7 Å². The lowest BCUT2D eigenvalue weighted by atomic mass is 9.96. The lowest BCUT2D eigenvalue weighted by Gasteiger charge is -2.25. The van der Waals surface area contributed by atoms with Gasteiger partial charge in [-0.1, -0.05) is 42.8 Å². The summed E-state index contributed by atoms with van der Waals surface area (Å²) in [4.78, 5) is 12.8. The fourth-order valence-electron chi connectivity index (χ4n) is 2.24. The van der Waals surface area contributed by atoms with Crippen molar-refractivity contribution >= 4 is 28.6 Å². The summed E-state index contributed by atoms with van der Waals surface area (Å²) in [7, 11) is 0. The summed E-state index contributed by atoms with van der Waals surface area (Å²) >= 11 is 2.12. The van der Waals surface area contributed by atoms with Gasteiger partial charge in [0.25, 0.3) is 0 Å². The largest absolute Gasteiger partial charge is 0.498 e. The normalized spacial score (nSPS) is 12.3. The number of ether oxygens (including phenoxy) is 3. The Labute approximate surface area is 167 Å². The van der Waals surface area contributed by atoms with E-state index in [1.165, 1.54) is 6.26 Å². The van der Waals surface area contributed by atoms with Crippen molar-refractivity contribution < 1.29 is 19.0 Å². The van der Waals surface area contributed by atoms with Gasteiger partial charge < -0.3 is 14.2 Å². The van der Waals surface area contributed by atoms with E-state index in [0.29, 0.717) is 17.9 Å². The Morgan fingerprint density at radius 2 is 2.00 bits per heavy atom. The highest BCUT2D eigenvalue weighted by Gasteiger charge is 2.30. The van der Waals surface area contributed by atoms with Gasteiger partial charge in [0.1, 0.15) is 24.5 Å². The third kappa shape index (κ3) is 5.02. The van der Waals surface area contributed by atoms with E-state index >= 15 is 0 Å². The molecule has 134 valence electrons. The third-order valence-electron chi connectivity index (χ3n) is 3.64. The molecule has 0 aliphatic rings. The van der Waals surface area contributed by atoms with Crippen molar-refractivity contribution in [2.24, 2.45) is 0 Å². The van der Waals surface area contributed by atoms with Gasteiger partial charge in [-0.25, -0.2) is 4.79 Å². The van der Waals surface area contributed by atoms with Crippen LogP contribution in [0.2, 0.25) is 0 Å². The molecule has 1 unspecified atom stereocenters. The molecule has 2 aromatic carbocycles. The lowest BCUT2D eigenvalue weighted by molar-refractivity contribution is 0.0124. The van der Waals surface area contributed by atoms with Crippen LogP contribution in [0, 0.1) is 15.9 Å². The molecule has 0 radical (unpaired) electrons. The molecule has 1 atom stereocenters. The monoisotopic (exact) mass is 462 g/mol. The molecule has 0 N–H and O–H groups in total. The zero-order valence-corrected chi connectivity index (χ0v) is 16.6. The number of halogens is 1. The first-order valence-electron chi connectivity index (χ1n) is 7.91. The smallest absolute Gasteiger partial charge is 0.343 e. The topological polar surface area (TPSA) is 44.8 Å². The maximum absolute atomic E-state index is 12.8. The van der Waals surface area contributed by atoms with Crippen LogP contribution in [0.3, 0.4) is 0 Å². The fourth-order valence-corrected chi connectivity index (χ4v) is 2.73. The highest BCUT2D eigenvalue weighted by Crippen LogP contribution is 2.29. The number of esters is 1. The molecule has 0 spiro atoms. The summed E-state index contributed by atoms with van der Waals surface area (Å²) in [5, 5.41) is 0. The first kappa shape index (κ1) is 19.9. The highest BCUT2D eigenvalue weighted by atomic mass is 127. The van der Waals surface area contributed by atoms with Crippen molar-refractivity contribution in [2.75, 3.05) is 13.2 Å². The number of carbonyl (C=O) groups is 1. The van der Waals surface area contributed by atoms with Crippen molar-refractivity contribution in [1.82, 2.24) is 0 Å². The van der Waals surface area contributed by atoms with Crippen LogP contribution in [0.4, 0.5) is 0 Å². The Kier molecular flexibility index (Phi) is 7.10. The van der Waals surface area contributed by atoms with Gasteiger partial charge in [0.15, 0.2) is 5.60 Å². The molecule has 0 bridgehead atoms. The van der Waals surface area contributed by atoms with Crippen LogP contribution in [0.5, 0.6) is 5.75 Å². The molecule has 26 heavy (non-hydrogen) atoms. The van der Waals surface area contributed by atoms with Gasteiger partial charge in [-0.2, -0.15) is 0 Å². The van der Waals surface area contributed by atoms with Gasteiger partial charge in [0.2, 0.25) is 0 Å². The number of terminal acetylenes is 1. The van der Waals surface area contributed by atoms with Crippen LogP contribution < -0.4 is 4.74 Å². The van der Waals surface area contributed by atoms with Crippen LogP contribution in [0.25, 0.3) is 0 Å². The lowest BCUT2D eigenvalue weighted by Crippen LogP contribution is -2.28. The summed E-state index contributed by atoms with van der Waals surface area (Å²) in [5.41, 5.74) is -0.140. The Balaban J connectivity index is 2.24. The number of carbonyl (C=O) groups excluding carboxylic acids is 1. The summed E-state index contributed by atoms with van der Waals surface area (Å²) < 4.78 is 17.2. The van der Waals surface area contributed by atoms with Gasteiger partial charge in [0.05, 0.1) is 6.26 Å². The summed E-state index contributed by atoms with van der Waals surface area (Å²) in [6.45, 7) is 5.76. The summed E-state index contributed by atoms with van der Waals surface area (Å²) in [5.74, 6) is 2.44. The predicted octanol–water partition coefficient (Wildman–Crippen LogP) is 4.54. The minimum Gasteiger partial charge on any atom is -0.498 e. The molecule has 5 heteroatoms. The minimum absolute atomic E-state index is 0.276. The zero-order valence-electron chi connectivity index (χ0n) is 14.4. The molecule has 0 aromatic heterocycles. The second-order valence-corrected chi connectivity index (χ2v) is 6.71. The van der Waals surface area contributed by atoms with Crippen molar-refractivity contribution in [2.45, 2.75) is 12.5 Å². The third-order valence-corrected chi connectivity index (χ3v) is 4.31. The van der Waals surface area contributed by atoms with Gasteiger partial charge in [-0.3, -0.25) is 0 Å². The summed E-state index contributed by atoms with van der Waals surface area (Å²) in [6.07, 6.45) is 7.00. The van der Waals surface area contributed by atoms with E-state index in [2.05, 4.69) is 35.1 Å². The highest BCUT2D eigenvalue weighted by molar-refractivity contribution is 14.1. The van der Waals surface area contributed by atoms with Crippen LogP contribution >= 0.6 is 22.6 Å². The molecule has 4 nitrogen and oxygen atoms in total. The zero-order chi connectivity index (χ0) is 19.0. The van der Waals surface area contributed by atoms with E-state index in [0.717, 1.165) is 9.13 Å². The minimum atomic E-state index is -1.18. The molecule has 0 heterocycles. The SMILES string of the molecule is C#CC(C)(OC(=O)c1cc(I)ccc1OCCOC=C)c1ccccc1. The maximum Gasteiger partial charge on any atom is 0.343 e. The predicted molar refractivity (Wildman–Crippen MR) is 109 cm³/mol. The number of benzene rings is 2. The van der Waals surface area contributed by atoms with Crippen LogP contribution in [-0.2, 0) is 15.1 Å². The number of hydrogen-bond acceptors (Lipinski definition) is 4. The quantitative estimate of drug-likeness (QED) is 0.190. The molecular formula is C21H19IO4. The molecule has 0 fully saturated rings. The van der Waals surface area contributed by atoms with E-state index in [1.807, 2.05) is 36.4 Å². The van der Waals surface area contributed by atoms with Crippen LogP contribution in [0.15, 0.2) is 61.4 Å². The first-order valence-corrected chi connectivity index (χ1v) is 8.99. The summed E-state index contributed by atoms with van der Waals surface area (Å²) in [6, 6.07) is 14.5.